The minimum atomic E-state index is -1.02. The van der Waals surface area contributed by atoms with Crippen LogP contribution in [0, 0.1) is 6.92 Å². The summed E-state index contributed by atoms with van der Waals surface area (Å²) in [7, 11) is 1.66. The van der Waals surface area contributed by atoms with Crippen LogP contribution in [0.5, 0.6) is 0 Å². The molecule has 0 bridgehead atoms. The molecule has 0 aliphatic carbocycles. The Morgan fingerprint density at radius 1 is 1.05 bits per heavy atom. The zero-order valence-electron chi connectivity index (χ0n) is 12.6. The Hall–Kier alpha value is -1.71. The molecule has 0 amide bonds. The van der Waals surface area contributed by atoms with Crippen molar-refractivity contribution in [1.82, 2.24) is 5.32 Å². The average Bonchev–Trinajstić information content (AvgIpc) is 2.52. The van der Waals surface area contributed by atoms with Crippen LogP contribution in [0.4, 0.5) is 4.39 Å². The summed E-state index contributed by atoms with van der Waals surface area (Å²) in [6.45, 7) is 2.73. The standard InChI is InChI=1S/C18H22FNO/c1-14-8-6-7-11-16(14)17(19)12-20-18(13-21-2)15-9-4-3-5-10-15/h3-11,17-18,20H,12-13H2,1-2H3/t17-,18-/m0/s1. The van der Waals surface area contributed by atoms with E-state index in [1.54, 1.807) is 7.11 Å². The third-order valence-electron chi connectivity index (χ3n) is 3.60. The van der Waals surface area contributed by atoms with Crippen molar-refractivity contribution in [3.8, 4) is 0 Å². The number of nitrogens with one attached hydrogen (secondary N) is 1. The molecule has 112 valence electrons. The molecule has 2 rings (SSSR count). The first-order valence-corrected chi connectivity index (χ1v) is 7.19. The first kappa shape index (κ1) is 15.7. The van der Waals surface area contributed by atoms with Crippen molar-refractivity contribution in [2.75, 3.05) is 20.3 Å². The predicted octanol–water partition coefficient (Wildman–Crippen LogP) is 3.98. The van der Waals surface area contributed by atoms with Crippen LogP contribution in [0.1, 0.15) is 28.9 Å². The average molecular weight is 287 g/mol. The fourth-order valence-corrected chi connectivity index (χ4v) is 2.42. The van der Waals surface area contributed by atoms with Crippen molar-refractivity contribution in [1.29, 1.82) is 0 Å². The number of methoxy groups -OCH3 is 1. The highest BCUT2D eigenvalue weighted by atomic mass is 19.1. The van der Waals surface area contributed by atoms with Crippen LogP contribution in [0.15, 0.2) is 54.6 Å². The zero-order chi connectivity index (χ0) is 15.1. The van der Waals surface area contributed by atoms with Crippen LogP contribution >= 0.6 is 0 Å². The number of hydrogen-bond donors (Lipinski definition) is 1. The molecule has 0 spiro atoms. The monoisotopic (exact) mass is 287 g/mol. The number of halogens is 1. The fraction of sp³-hybridized carbons (Fsp3) is 0.333. The Morgan fingerprint density at radius 3 is 2.38 bits per heavy atom. The Kier molecular flexibility index (Phi) is 5.90. The predicted molar refractivity (Wildman–Crippen MR) is 84.1 cm³/mol. The minimum absolute atomic E-state index is 0.00142. The summed E-state index contributed by atoms with van der Waals surface area (Å²) in [5.41, 5.74) is 2.83. The fourth-order valence-electron chi connectivity index (χ4n) is 2.42. The Labute approximate surface area is 126 Å². The molecule has 2 aromatic carbocycles. The Balaban J connectivity index is 2.00. The topological polar surface area (TPSA) is 21.3 Å². The summed E-state index contributed by atoms with van der Waals surface area (Å²) in [5.74, 6) is 0. The maximum Gasteiger partial charge on any atom is 0.138 e. The van der Waals surface area contributed by atoms with Gasteiger partial charge in [-0.15, -0.1) is 0 Å². The van der Waals surface area contributed by atoms with Gasteiger partial charge >= 0.3 is 0 Å². The largest absolute Gasteiger partial charge is 0.383 e. The van der Waals surface area contributed by atoms with Crippen LogP contribution < -0.4 is 5.32 Å². The van der Waals surface area contributed by atoms with Crippen molar-refractivity contribution < 1.29 is 9.13 Å². The molecule has 0 radical (unpaired) electrons. The highest BCUT2D eigenvalue weighted by molar-refractivity contribution is 5.28. The van der Waals surface area contributed by atoms with E-state index in [4.69, 9.17) is 4.74 Å². The number of ether oxygens (including phenoxy) is 1. The molecule has 2 nitrogen and oxygen atoms in total. The van der Waals surface area contributed by atoms with Crippen molar-refractivity contribution >= 4 is 0 Å². The molecule has 2 aromatic rings. The summed E-state index contributed by atoms with van der Waals surface area (Å²) in [4.78, 5) is 0. The quantitative estimate of drug-likeness (QED) is 0.831. The van der Waals surface area contributed by atoms with Gasteiger partial charge in [0.05, 0.1) is 12.6 Å². The van der Waals surface area contributed by atoms with Gasteiger partial charge < -0.3 is 10.1 Å². The van der Waals surface area contributed by atoms with Gasteiger partial charge in [0.2, 0.25) is 0 Å². The molecule has 0 fully saturated rings. The SMILES string of the molecule is COC[C@H](NC[C@H](F)c1ccccc1C)c1ccccc1. The van der Waals surface area contributed by atoms with E-state index >= 15 is 0 Å². The molecule has 0 saturated carbocycles. The summed E-state index contributed by atoms with van der Waals surface area (Å²) in [5, 5.41) is 3.26. The van der Waals surface area contributed by atoms with Crippen LogP contribution in [0.3, 0.4) is 0 Å². The number of rotatable bonds is 7. The minimum Gasteiger partial charge on any atom is -0.383 e. The number of hydrogen-bond acceptors (Lipinski definition) is 2. The lowest BCUT2D eigenvalue weighted by molar-refractivity contribution is 0.161. The molecule has 0 aliphatic heterocycles. The molecule has 1 N–H and O–H groups in total. The van der Waals surface area contributed by atoms with Gasteiger partial charge in [-0.25, -0.2) is 4.39 Å². The second kappa shape index (κ2) is 7.91. The van der Waals surface area contributed by atoms with E-state index in [0.717, 1.165) is 16.7 Å². The molecule has 0 saturated heterocycles. The van der Waals surface area contributed by atoms with Crippen LogP contribution in [-0.2, 0) is 4.74 Å². The highest BCUT2D eigenvalue weighted by Crippen LogP contribution is 2.22. The van der Waals surface area contributed by atoms with E-state index in [-0.39, 0.29) is 12.6 Å². The van der Waals surface area contributed by atoms with Crippen molar-refractivity contribution in [3.63, 3.8) is 0 Å². The van der Waals surface area contributed by atoms with Crippen LogP contribution in [0.25, 0.3) is 0 Å². The van der Waals surface area contributed by atoms with Gasteiger partial charge in [0.1, 0.15) is 6.17 Å². The van der Waals surface area contributed by atoms with E-state index in [0.29, 0.717) is 6.61 Å². The van der Waals surface area contributed by atoms with Gasteiger partial charge in [-0.1, -0.05) is 54.6 Å². The smallest absolute Gasteiger partial charge is 0.138 e. The third kappa shape index (κ3) is 4.38. The Morgan fingerprint density at radius 2 is 1.71 bits per heavy atom. The van der Waals surface area contributed by atoms with E-state index in [1.165, 1.54) is 0 Å². The van der Waals surface area contributed by atoms with Gasteiger partial charge in [-0.05, 0) is 23.6 Å². The van der Waals surface area contributed by atoms with Crippen molar-refractivity contribution in [2.45, 2.75) is 19.1 Å². The van der Waals surface area contributed by atoms with Crippen LogP contribution in [0.2, 0.25) is 0 Å². The van der Waals surface area contributed by atoms with Gasteiger partial charge in [0.25, 0.3) is 0 Å². The summed E-state index contributed by atoms with van der Waals surface area (Å²) in [6, 6.07) is 17.6. The van der Waals surface area contributed by atoms with Gasteiger partial charge in [-0.3, -0.25) is 0 Å². The lowest BCUT2D eigenvalue weighted by atomic mass is 10.0. The van der Waals surface area contributed by atoms with E-state index in [1.807, 2.05) is 61.5 Å². The first-order chi connectivity index (χ1) is 10.2. The van der Waals surface area contributed by atoms with E-state index in [9.17, 15) is 4.39 Å². The second-order valence-corrected chi connectivity index (χ2v) is 5.15. The molecule has 0 aliphatic rings. The summed E-state index contributed by atoms with van der Waals surface area (Å²) in [6.07, 6.45) is -1.02. The normalized spacial score (nSPS) is 13.9. The highest BCUT2D eigenvalue weighted by Gasteiger charge is 2.16. The molecular weight excluding hydrogens is 265 g/mol. The maximum atomic E-state index is 14.4. The molecule has 0 heterocycles. The molecule has 0 unspecified atom stereocenters. The van der Waals surface area contributed by atoms with Gasteiger partial charge in [0.15, 0.2) is 0 Å². The van der Waals surface area contributed by atoms with E-state index < -0.39 is 6.17 Å². The zero-order valence-corrected chi connectivity index (χ0v) is 12.6. The number of aryl methyl sites for hydroxylation is 1. The lowest BCUT2D eigenvalue weighted by Gasteiger charge is -2.20. The molecule has 3 heteroatoms. The Bertz CT molecular complexity index is 544. The number of benzene rings is 2. The third-order valence-corrected chi connectivity index (χ3v) is 3.60. The molecule has 2 atom stereocenters. The van der Waals surface area contributed by atoms with Crippen molar-refractivity contribution in [3.05, 3.63) is 71.3 Å². The number of alkyl halides is 1. The summed E-state index contributed by atoms with van der Waals surface area (Å²) < 4.78 is 19.6. The molecular formula is C18H22FNO. The first-order valence-electron chi connectivity index (χ1n) is 7.19. The molecule has 0 aromatic heterocycles. The second-order valence-electron chi connectivity index (χ2n) is 5.15. The molecule has 21 heavy (non-hydrogen) atoms. The maximum absolute atomic E-state index is 14.4. The van der Waals surface area contributed by atoms with Gasteiger partial charge in [-0.2, -0.15) is 0 Å². The lowest BCUT2D eigenvalue weighted by Crippen LogP contribution is -2.28. The summed E-state index contributed by atoms with van der Waals surface area (Å²) >= 11 is 0. The van der Waals surface area contributed by atoms with Crippen LogP contribution in [-0.4, -0.2) is 20.3 Å². The van der Waals surface area contributed by atoms with Crippen molar-refractivity contribution in [2.24, 2.45) is 0 Å². The van der Waals surface area contributed by atoms with E-state index in [2.05, 4.69) is 5.32 Å². The van der Waals surface area contributed by atoms with Gasteiger partial charge in [0, 0.05) is 13.7 Å².